The molecular weight excluding hydrogens is 458 g/mol. The molecule has 1 aliphatic rings. The summed E-state index contributed by atoms with van der Waals surface area (Å²) >= 11 is 1.54. The fraction of sp³-hybridized carbons (Fsp3) is 0.375. The zero-order valence-corrected chi connectivity index (χ0v) is 20.6. The standard InChI is InChI=1S/C24H29N3O4S2/c1-15-4-5-19(14-22(15)33(29,30)27-20-6-8-21(28)9-7-20)23-17(3)26-24(32-23)25-16(2)18-10-12-31-13-11-18/h4-9,14,16,18,27-28H,10-13H2,1-3H3,(H,25,26). The molecule has 3 aromatic rings. The van der Waals surface area contributed by atoms with Gasteiger partial charge in [-0.1, -0.05) is 23.5 Å². The van der Waals surface area contributed by atoms with Gasteiger partial charge in [0.2, 0.25) is 0 Å². The SMILES string of the molecule is Cc1ccc(-c2sc(NC(C)C3CCOCC3)nc2C)cc1S(=O)(=O)Nc1ccc(O)cc1. The number of aromatic hydroxyl groups is 1. The van der Waals surface area contributed by atoms with E-state index in [2.05, 4.69) is 17.0 Å². The normalized spacial score (nSPS) is 15.8. The van der Waals surface area contributed by atoms with Crippen LogP contribution in [0.4, 0.5) is 10.8 Å². The maximum Gasteiger partial charge on any atom is 0.262 e. The molecule has 0 amide bonds. The minimum atomic E-state index is -3.80. The second-order valence-corrected chi connectivity index (χ2v) is 11.1. The Morgan fingerprint density at radius 1 is 1.12 bits per heavy atom. The zero-order chi connectivity index (χ0) is 23.6. The van der Waals surface area contributed by atoms with E-state index in [-0.39, 0.29) is 16.7 Å². The summed E-state index contributed by atoms with van der Waals surface area (Å²) in [6, 6.07) is 11.7. The largest absolute Gasteiger partial charge is 0.508 e. The second kappa shape index (κ2) is 9.70. The number of aryl methyl sites for hydroxylation is 2. The summed E-state index contributed by atoms with van der Waals surface area (Å²) < 4.78 is 34.2. The number of phenols is 1. The average Bonchev–Trinajstić information content (AvgIpc) is 3.16. The molecule has 2 aromatic carbocycles. The number of hydrogen-bond donors (Lipinski definition) is 3. The Morgan fingerprint density at radius 2 is 1.82 bits per heavy atom. The van der Waals surface area contributed by atoms with Gasteiger partial charge in [-0.3, -0.25) is 4.72 Å². The number of anilines is 2. The van der Waals surface area contributed by atoms with Gasteiger partial charge in [-0.15, -0.1) is 0 Å². The van der Waals surface area contributed by atoms with Crippen molar-refractivity contribution in [2.45, 2.75) is 44.6 Å². The lowest BCUT2D eigenvalue weighted by Crippen LogP contribution is -2.30. The Hall–Kier alpha value is -2.62. The lowest BCUT2D eigenvalue weighted by molar-refractivity contribution is 0.0622. The molecule has 1 aliphatic heterocycles. The highest BCUT2D eigenvalue weighted by Gasteiger charge is 2.23. The van der Waals surface area contributed by atoms with Crippen molar-refractivity contribution in [3.63, 3.8) is 0 Å². The smallest absolute Gasteiger partial charge is 0.262 e. The van der Waals surface area contributed by atoms with E-state index in [0.29, 0.717) is 17.2 Å². The first-order chi connectivity index (χ1) is 15.7. The van der Waals surface area contributed by atoms with E-state index in [9.17, 15) is 13.5 Å². The number of rotatable bonds is 7. The van der Waals surface area contributed by atoms with Crippen molar-refractivity contribution in [3.8, 4) is 16.2 Å². The van der Waals surface area contributed by atoms with Gasteiger partial charge in [0.1, 0.15) is 5.75 Å². The number of phenolic OH excluding ortho intramolecular Hbond substituents is 1. The third-order valence-corrected chi connectivity index (χ3v) is 8.64. The van der Waals surface area contributed by atoms with Crippen LogP contribution in [0.5, 0.6) is 5.75 Å². The molecule has 9 heteroatoms. The Kier molecular flexibility index (Phi) is 6.92. The molecular formula is C24H29N3O4S2. The molecule has 0 bridgehead atoms. The summed E-state index contributed by atoms with van der Waals surface area (Å²) in [5, 5.41) is 13.8. The van der Waals surface area contributed by atoms with Crippen LogP contribution in [0, 0.1) is 19.8 Å². The molecule has 1 saturated heterocycles. The molecule has 0 radical (unpaired) electrons. The van der Waals surface area contributed by atoms with Gasteiger partial charge >= 0.3 is 0 Å². The Labute approximate surface area is 198 Å². The van der Waals surface area contributed by atoms with E-state index >= 15 is 0 Å². The van der Waals surface area contributed by atoms with Crippen LogP contribution in [0.25, 0.3) is 10.4 Å². The third-order valence-electron chi connectivity index (χ3n) is 5.98. The molecule has 1 unspecified atom stereocenters. The van der Waals surface area contributed by atoms with Gasteiger partial charge in [0, 0.05) is 24.9 Å². The molecule has 2 heterocycles. The maximum atomic E-state index is 13.1. The zero-order valence-electron chi connectivity index (χ0n) is 19.0. The number of thiazole rings is 1. The summed E-state index contributed by atoms with van der Waals surface area (Å²) in [6.45, 7) is 7.50. The summed E-state index contributed by atoms with van der Waals surface area (Å²) in [4.78, 5) is 5.86. The maximum absolute atomic E-state index is 13.1. The second-order valence-electron chi connectivity index (χ2n) is 8.45. The molecule has 33 heavy (non-hydrogen) atoms. The quantitative estimate of drug-likeness (QED) is 0.398. The number of hydrogen-bond acceptors (Lipinski definition) is 7. The molecule has 0 aliphatic carbocycles. The fourth-order valence-corrected chi connectivity index (χ4v) is 6.41. The van der Waals surface area contributed by atoms with Crippen molar-refractivity contribution in [2.75, 3.05) is 23.3 Å². The van der Waals surface area contributed by atoms with Gasteiger partial charge in [0.15, 0.2) is 5.13 Å². The van der Waals surface area contributed by atoms with Gasteiger partial charge < -0.3 is 15.2 Å². The van der Waals surface area contributed by atoms with Crippen molar-refractivity contribution in [1.82, 2.24) is 4.98 Å². The minimum Gasteiger partial charge on any atom is -0.508 e. The van der Waals surface area contributed by atoms with Gasteiger partial charge in [0.05, 0.1) is 15.5 Å². The van der Waals surface area contributed by atoms with E-state index in [1.54, 1.807) is 13.0 Å². The van der Waals surface area contributed by atoms with Crippen LogP contribution < -0.4 is 10.0 Å². The van der Waals surface area contributed by atoms with Crippen molar-refractivity contribution in [2.24, 2.45) is 5.92 Å². The molecule has 176 valence electrons. The number of sulfonamides is 1. The predicted octanol–water partition coefficient (Wildman–Crippen LogP) is 5.16. The van der Waals surface area contributed by atoms with Crippen LogP contribution in [0.3, 0.4) is 0 Å². The lowest BCUT2D eigenvalue weighted by atomic mass is 9.93. The van der Waals surface area contributed by atoms with Crippen LogP contribution in [0.15, 0.2) is 47.4 Å². The van der Waals surface area contributed by atoms with E-state index in [4.69, 9.17) is 9.72 Å². The van der Waals surface area contributed by atoms with Gasteiger partial charge in [-0.05, 0) is 81.0 Å². The highest BCUT2D eigenvalue weighted by atomic mass is 32.2. The molecule has 1 atom stereocenters. The van der Waals surface area contributed by atoms with Crippen molar-refractivity contribution in [1.29, 1.82) is 0 Å². The van der Waals surface area contributed by atoms with Crippen LogP contribution >= 0.6 is 11.3 Å². The molecule has 3 N–H and O–H groups in total. The highest BCUT2D eigenvalue weighted by molar-refractivity contribution is 7.92. The Bertz CT molecular complexity index is 1220. The topological polar surface area (TPSA) is 101 Å². The van der Waals surface area contributed by atoms with Crippen molar-refractivity contribution >= 4 is 32.2 Å². The van der Waals surface area contributed by atoms with E-state index in [0.717, 1.165) is 47.3 Å². The van der Waals surface area contributed by atoms with Crippen molar-refractivity contribution < 1.29 is 18.3 Å². The van der Waals surface area contributed by atoms with Crippen LogP contribution in [0.2, 0.25) is 0 Å². The number of ether oxygens (including phenoxy) is 1. The van der Waals surface area contributed by atoms with Crippen LogP contribution in [-0.4, -0.2) is 37.8 Å². The van der Waals surface area contributed by atoms with Gasteiger partial charge in [-0.25, -0.2) is 13.4 Å². The molecule has 0 spiro atoms. The molecule has 4 rings (SSSR count). The summed E-state index contributed by atoms with van der Waals surface area (Å²) in [5.41, 5.74) is 2.72. The number of aromatic nitrogens is 1. The highest BCUT2D eigenvalue weighted by Crippen LogP contribution is 2.36. The molecule has 7 nitrogen and oxygen atoms in total. The number of benzene rings is 2. The predicted molar refractivity (Wildman–Crippen MR) is 133 cm³/mol. The van der Waals surface area contributed by atoms with Gasteiger partial charge in [-0.2, -0.15) is 0 Å². The van der Waals surface area contributed by atoms with E-state index in [1.165, 1.54) is 35.6 Å². The van der Waals surface area contributed by atoms with E-state index < -0.39 is 10.0 Å². The minimum absolute atomic E-state index is 0.0762. The van der Waals surface area contributed by atoms with Crippen LogP contribution in [0.1, 0.15) is 31.0 Å². The molecule has 1 aromatic heterocycles. The summed E-state index contributed by atoms with van der Waals surface area (Å²) in [7, 11) is -3.80. The first-order valence-electron chi connectivity index (χ1n) is 11.0. The number of nitrogens with zero attached hydrogens (tertiary/aromatic N) is 1. The lowest BCUT2D eigenvalue weighted by Gasteiger charge is -2.28. The molecule has 1 fully saturated rings. The number of nitrogens with one attached hydrogen (secondary N) is 2. The first-order valence-corrected chi connectivity index (χ1v) is 13.3. The van der Waals surface area contributed by atoms with Gasteiger partial charge in [0.25, 0.3) is 10.0 Å². The third kappa shape index (κ3) is 5.48. The average molecular weight is 488 g/mol. The Balaban J connectivity index is 1.57. The summed E-state index contributed by atoms with van der Waals surface area (Å²) in [6.07, 6.45) is 2.08. The summed E-state index contributed by atoms with van der Waals surface area (Å²) in [5.74, 6) is 0.626. The molecule has 0 saturated carbocycles. The monoisotopic (exact) mass is 487 g/mol. The Morgan fingerprint density at radius 3 is 2.52 bits per heavy atom. The first kappa shape index (κ1) is 23.5. The fourth-order valence-electron chi connectivity index (χ4n) is 4.02. The van der Waals surface area contributed by atoms with E-state index in [1.807, 2.05) is 19.1 Å². The van der Waals surface area contributed by atoms with Crippen molar-refractivity contribution in [3.05, 3.63) is 53.7 Å². The van der Waals surface area contributed by atoms with Crippen LogP contribution in [-0.2, 0) is 14.8 Å².